The van der Waals surface area contributed by atoms with Crippen LogP contribution in [0.5, 0.6) is 5.75 Å². The van der Waals surface area contributed by atoms with Gasteiger partial charge in [0.15, 0.2) is 6.61 Å². The molecule has 2 aromatic rings. The number of hydrogen-bond acceptors (Lipinski definition) is 4. The molecule has 0 aliphatic carbocycles. The molecule has 2 aliphatic rings. The molecule has 0 N–H and O–H groups in total. The molecule has 5 nitrogen and oxygen atoms in total. The van der Waals surface area contributed by atoms with Crippen molar-refractivity contribution in [3.8, 4) is 5.75 Å². The van der Waals surface area contributed by atoms with Gasteiger partial charge in [-0.3, -0.25) is 9.59 Å². The molecular weight excluding hydrogens is 366 g/mol. The number of ether oxygens (including phenoxy) is 2. The van der Waals surface area contributed by atoms with Gasteiger partial charge in [-0.05, 0) is 47.7 Å². The molecule has 0 radical (unpaired) electrons. The summed E-state index contributed by atoms with van der Waals surface area (Å²) in [7, 11) is 0. The van der Waals surface area contributed by atoms with Gasteiger partial charge in [0.1, 0.15) is 12.4 Å². The van der Waals surface area contributed by atoms with Gasteiger partial charge >= 0.3 is 5.97 Å². The minimum atomic E-state index is -0.425. The van der Waals surface area contributed by atoms with Gasteiger partial charge in [-0.25, -0.2) is 0 Å². The maximum absolute atomic E-state index is 12.4. The number of carbonyl (C=O) groups excluding carboxylic acids is 2. The summed E-state index contributed by atoms with van der Waals surface area (Å²) in [5.74, 6) is -0.262. The van der Waals surface area contributed by atoms with Crippen LogP contribution >= 0.6 is 11.6 Å². The number of rotatable bonds is 3. The Morgan fingerprint density at radius 3 is 2.81 bits per heavy atom. The zero-order chi connectivity index (χ0) is 18.8. The van der Waals surface area contributed by atoms with Crippen molar-refractivity contribution in [2.24, 2.45) is 5.92 Å². The average molecular weight is 386 g/mol. The van der Waals surface area contributed by atoms with E-state index in [4.69, 9.17) is 21.1 Å². The Morgan fingerprint density at radius 2 is 1.96 bits per heavy atom. The first-order valence-corrected chi connectivity index (χ1v) is 9.40. The van der Waals surface area contributed by atoms with Crippen LogP contribution < -0.4 is 4.74 Å². The second-order valence-corrected chi connectivity index (χ2v) is 7.34. The fourth-order valence-electron chi connectivity index (χ4n) is 3.57. The Labute approximate surface area is 162 Å². The van der Waals surface area contributed by atoms with Crippen LogP contribution in [0.3, 0.4) is 0 Å². The molecule has 2 aliphatic heterocycles. The molecule has 27 heavy (non-hydrogen) atoms. The Morgan fingerprint density at radius 1 is 1.15 bits per heavy atom. The van der Waals surface area contributed by atoms with Crippen LogP contribution in [0.4, 0.5) is 0 Å². The highest BCUT2D eigenvalue weighted by molar-refractivity contribution is 6.30. The van der Waals surface area contributed by atoms with Gasteiger partial charge in [0, 0.05) is 18.1 Å². The molecule has 1 atom stereocenters. The van der Waals surface area contributed by atoms with Crippen LogP contribution in [0.2, 0.25) is 5.02 Å². The first kappa shape index (κ1) is 17.9. The predicted octanol–water partition coefficient (Wildman–Crippen LogP) is 3.02. The Hall–Kier alpha value is -2.53. The van der Waals surface area contributed by atoms with Crippen molar-refractivity contribution in [3.05, 3.63) is 64.2 Å². The highest BCUT2D eigenvalue weighted by Gasteiger charge is 2.29. The molecule has 2 aromatic carbocycles. The van der Waals surface area contributed by atoms with Gasteiger partial charge in [-0.15, -0.1) is 0 Å². The quantitative estimate of drug-likeness (QED) is 0.762. The van der Waals surface area contributed by atoms with Crippen LogP contribution in [0.25, 0.3) is 0 Å². The fourth-order valence-corrected chi connectivity index (χ4v) is 3.76. The smallest absolute Gasteiger partial charge is 0.313 e. The number of halogens is 1. The summed E-state index contributed by atoms with van der Waals surface area (Å²) < 4.78 is 10.9. The van der Waals surface area contributed by atoms with Gasteiger partial charge in [0.2, 0.25) is 0 Å². The third-order valence-corrected chi connectivity index (χ3v) is 5.32. The molecule has 0 bridgehead atoms. The van der Waals surface area contributed by atoms with Gasteiger partial charge in [0.05, 0.1) is 5.92 Å². The van der Waals surface area contributed by atoms with Gasteiger partial charge in [-0.2, -0.15) is 0 Å². The number of nitrogens with zero attached hydrogens (tertiary/aromatic N) is 1. The molecule has 0 saturated carbocycles. The zero-order valence-electron chi connectivity index (χ0n) is 14.8. The normalized spacial score (nSPS) is 18.1. The second kappa shape index (κ2) is 7.61. The lowest BCUT2D eigenvalue weighted by Crippen LogP contribution is -2.39. The molecule has 0 spiro atoms. The zero-order valence-corrected chi connectivity index (χ0v) is 15.6. The fraction of sp³-hybridized carbons (Fsp3) is 0.333. The van der Waals surface area contributed by atoms with E-state index in [1.165, 1.54) is 5.56 Å². The second-order valence-electron chi connectivity index (χ2n) is 6.91. The molecule has 4 rings (SSSR count). The summed E-state index contributed by atoms with van der Waals surface area (Å²) in [6.07, 6.45) is 1.32. The summed E-state index contributed by atoms with van der Waals surface area (Å²) in [5.41, 5.74) is 3.31. The minimum Gasteiger partial charge on any atom is -0.492 e. The minimum absolute atomic E-state index is 0.168. The van der Waals surface area contributed by atoms with Gasteiger partial charge in [0.25, 0.3) is 5.91 Å². The first-order valence-electron chi connectivity index (χ1n) is 9.02. The SMILES string of the molecule is O=C(OCC(=O)N1CCc2ccccc2C1)C1COc2ccc(Cl)cc2C1. The average Bonchev–Trinajstić information content (AvgIpc) is 2.70. The molecule has 2 heterocycles. The van der Waals surface area contributed by atoms with E-state index >= 15 is 0 Å². The summed E-state index contributed by atoms with van der Waals surface area (Å²) in [4.78, 5) is 26.5. The number of esters is 1. The highest BCUT2D eigenvalue weighted by atomic mass is 35.5. The lowest BCUT2D eigenvalue weighted by molar-refractivity contribution is -0.157. The predicted molar refractivity (Wildman–Crippen MR) is 101 cm³/mol. The highest BCUT2D eigenvalue weighted by Crippen LogP contribution is 2.30. The van der Waals surface area contributed by atoms with E-state index in [2.05, 4.69) is 6.07 Å². The number of amides is 1. The van der Waals surface area contributed by atoms with E-state index < -0.39 is 11.9 Å². The molecule has 0 saturated heterocycles. The van der Waals surface area contributed by atoms with Gasteiger partial charge < -0.3 is 14.4 Å². The summed E-state index contributed by atoms with van der Waals surface area (Å²) in [5, 5.41) is 0.604. The van der Waals surface area contributed by atoms with Crippen molar-refractivity contribution >= 4 is 23.5 Å². The van der Waals surface area contributed by atoms with E-state index in [0.29, 0.717) is 24.5 Å². The number of hydrogen-bond donors (Lipinski definition) is 0. The van der Waals surface area contributed by atoms with Crippen molar-refractivity contribution in [1.82, 2.24) is 4.90 Å². The first-order chi connectivity index (χ1) is 13.1. The third kappa shape index (κ3) is 3.93. The summed E-state index contributed by atoms with van der Waals surface area (Å²) in [6.45, 7) is 1.22. The number of carbonyl (C=O) groups is 2. The van der Waals surface area contributed by atoms with Crippen molar-refractivity contribution in [2.45, 2.75) is 19.4 Å². The third-order valence-electron chi connectivity index (χ3n) is 5.08. The Kier molecular flexibility index (Phi) is 5.03. The lowest BCUT2D eigenvalue weighted by Gasteiger charge is -2.29. The summed E-state index contributed by atoms with van der Waals surface area (Å²) >= 11 is 6.01. The van der Waals surface area contributed by atoms with Crippen molar-refractivity contribution in [2.75, 3.05) is 19.8 Å². The van der Waals surface area contributed by atoms with Crippen molar-refractivity contribution < 1.29 is 19.1 Å². The van der Waals surface area contributed by atoms with E-state index in [-0.39, 0.29) is 19.1 Å². The topological polar surface area (TPSA) is 55.8 Å². The van der Waals surface area contributed by atoms with Crippen molar-refractivity contribution in [3.63, 3.8) is 0 Å². The van der Waals surface area contributed by atoms with E-state index in [9.17, 15) is 9.59 Å². The van der Waals surface area contributed by atoms with E-state index in [1.54, 1.807) is 23.1 Å². The molecule has 0 fully saturated rings. The largest absolute Gasteiger partial charge is 0.492 e. The molecule has 6 heteroatoms. The maximum atomic E-state index is 12.4. The van der Waals surface area contributed by atoms with Crippen LogP contribution in [0.15, 0.2) is 42.5 Å². The molecular formula is C21H20ClNO4. The Balaban J connectivity index is 1.31. The summed E-state index contributed by atoms with van der Waals surface area (Å²) in [6, 6.07) is 13.5. The maximum Gasteiger partial charge on any atom is 0.313 e. The number of fused-ring (bicyclic) bond motifs is 2. The van der Waals surface area contributed by atoms with Gasteiger partial charge in [-0.1, -0.05) is 35.9 Å². The van der Waals surface area contributed by atoms with Crippen LogP contribution in [-0.4, -0.2) is 36.5 Å². The van der Waals surface area contributed by atoms with Crippen LogP contribution in [0, 0.1) is 5.92 Å². The molecule has 140 valence electrons. The van der Waals surface area contributed by atoms with E-state index in [0.717, 1.165) is 23.3 Å². The van der Waals surface area contributed by atoms with Crippen molar-refractivity contribution in [1.29, 1.82) is 0 Å². The standard InChI is InChI=1S/C21H20ClNO4/c22-18-5-6-19-16(10-18)9-17(12-26-19)21(25)27-13-20(24)23-8-7-14-3-1-2-4-15(14)11-23/h1-6,10,17H,7-9,11-13H2. The van der Waals surface area contributed by atoms with Crippen LogP contribution in [0.1, 0.15) is 16.7 Å². The molecule has 1 amide bonds. The Bertz CT molecular complexity index is 882. The monoisotopic (exact) mass is 385 g/mol. The lowest BCUT2D eigenvalue weighted by atomic mass is 9.97. The number of benzene rings is 2. The van der Waals surface area contributed by atoms with E-state index in [1.807, 2.05) is 18.2 Å². The van der Waals surface area contributed by atoms with Crippen LogP contribution in [-0.2, 0) is 33.7 Å². The molecule has 1 unspecified atom stereocenters. The molecule has 0 aromatic heterocycles.